The molecular weight excluding hydrogens is 374 g/mol. The normalized spacial score (nSPS) is 17.1. The number of aromatic nitrogens is 2. The summed E-state index contributed by atoms with van der Waals surface area (Å²) >= 11 is 0. The summed E-state index contributed by atoms with van der Waals surface area (Å²) in [6.07, 6.45) is 7.86. The summed E-state index contributed by atoms with van der Waals surface area (Å²) in [4.78, 5) is 8.53. The van der Waals surface area contributed by atoms with Gasteiger partial charge in [-0.15, -0.1) is 0 Å². The number of para-hydroxylation sites is 1. The van der Waals surface area contributed by atoms with E-state index in [1.165, 1.54) is 38.4 Å². The van der Waals surface area contributed by atoms with Crippen LogP contribution in [-0.4, -0.2) is 21.7 Å². The Hall–Kier alpha value is -3.41. The van der Waals surface area contributed by atoms with Gasteiger partial charge in [0.05, 0.1) is 11.3 Å². The van der Waals surface area contributed by atoms with E-state index < -0.39 is 0 Å². The lowest BCUT2D eigenvalue weighted by Gasteiger charge is -2.54. The SMILES string of the molecule is N=C(c1ccc(Oc2ccccc2)cc1)c1c(N)ncnc1NC1CC2(CCC2)C1. The Morgan fingerprint density at radius 2 is 1.70 bits per heavy atom. The van der Waals surface area contributed by atoms with Gasteiger partial charge < -0.3 is 15.8 Å². The van der Waals surface area contributed by atoms with Crippen LogP contribution < -0.4 is 15.8 Å². The number of nitrogens with two attached hydrogens (primary N) is 1. The fourth-order valence-corrected chi connectivity index (χ4v) is 4.58. The van der Waals surface area contributed by atoms with Gasteiger partial charge in [-0.05, 0) is 67.5 Å². The Balaban J connectivity index is 1.33. The Kier molecular flexibility index (Phi) is 4.62. The maximum atomic E-state index is 8.75. The molecule has 152 valence electrons. The number of nitrogen functional groups attached to an aromatic ring is 1. The maximum absolute atomic E-state index is 8.75. The van der Waals surface area contributed by atoms with Crippen molar-refractivity contribution in [2.45, 2.75) is 38.1 Å². The molecule has 6 heteroatoms. The maximum Gasteiger partial charge on any atom is 0.141 e. The lowest BCUT2D eigenvalue weighted by molar-refractivity contribution is 0.0191. The van der Waals surface area contributed by atoms with Crippen molar-refractivity contribution in [3.63, 3.8) is 0 Å². The highest BCUT2D eigenvalue weighted by atomic mass is 16.5. The van der Waals surface area contributed by atoms with Gasteiger partial charge in [-0.3, -0.25) is 5.41 Å². The molecule has 0 aliphatic heterocycles. The molecule has 0 atom stereocenters. The second-order valence-electron chi connectivity index (χ2n) is 8.40. The van der Waals surface area contributed by atoms with E-state index in [1.54, 1.807) is 0 Å². The van der Waals surface area contributed by atoms with Gasteiger partial charge in [0, 0.05) is 11.6 Å². The van der Waals surface area contributed by atoms with Gasteiger partial charge in [0.1, 0.15) is 29.5 Å². The Bertz CT molecular complexity index is 1050. The van der Waals surface area contributed by atoms with Crippen molar-refractivity contribution >= 4 is 17.3 Å². The van der Waals surface area contributed by atoms with E-state index in [0.29, 0.717) is 40.1 Å². The number of hydrogen-bond acceptors (Lipinski definition) is 6. The number of nitrogens with zero attached hydrogens (tertiary/aromatic N) is 2. The van der Waals surface area contributed by atoms with Crippen LogP contribution in [0.2, 0.25) is 0 Å². The van der Waals surface area contributed by atoms with Crippen molar-refractivity contribution in [1.82, 2.24) is 9.97 Å². The molecule has 6 nitrogen and oxygen atoms in total. The molecule has 0 radical (unpaired) electrons. The largest absolute Gasteiger partial charge is 0.457 e. The van der Waals surface area contributed by atoms with E-state index in [4.69, 9.17) is 15.9 Å². The van der Waals surface area contributed by atoms with Gasteiger partial charge in [-0.25, -0.2) is 9.97 Å². The second kappa shape index (κ2) is 7.44. The highest BCUT2D eigenvalue weighted by molar-refractivity contribution is 6.16. The zero-order valence-electron chi connectivity index (χ0n) is 16.8. The van der Waals surface area contributed by atoms with Crippen molar-refractivity contribution in [1.29, 1.82) is 5.41 Å². The molecule has 2 aromatic carbocycles. The minimum absolute atomic E-state index is 0.305. The van der Waals surface area contributed by atoms with E-state index in [9.17, 15) is 0 Å². The van der Waals surface area contributed by atoms with Crippen LogP contribution >= 0.6 is 0 Å². The number of benzene rings is 2. The predicted molar refractivity (Wildman–Crippen MR) is 118 cm³/mol. The highest BCUT2D eigenvalue weighted by Crippen LogP contribution is 2.56. The van der Waals surface area contributed by atoms with Crippen LogP contribution in [0.1, 0.15) is 43.2 Å². The van der Waals surface area contributed by atoms with Gasteiger partial charge in [-0.1, -0.05) is 24.6 Å². The van der Waals surface area contributed by atoms with E-state index >= 15 is 0 Å². The summed E-state index contributed by atoms with van der Waals surface area (Å²) in [6, 6.07) is 17.5. The molecule has 1 aromatic heterocycles. The fraction of sp³-hybridized carbons (Fsp3) is 0.292. The molecular formula is C24H25N5O. The third kappa shape index (κ3) is 3.49. The first kappa shape index (κ1) is 18.6. The van der Waals surface area contributed by atoms with Crippen LogP contribution in [0.4, 0.5) is 11.6 Å². The molecule has 1 spiro atoms. The van der Waals surface area contributed by atoms with Gasteiger partial charge >= 0.3 is 0 Å². The van der Waals surface area contributed by atoms with Crippen molar-refractivity contribution < 1.29 is 4.74 Å². The molecule has 0 saturated heterocycles. The Morgan fingerprint density at radius 1 is 1.00 bits per heavy atom. The molecule has 0 bridgehead atoms. The van der Waals surface area contributed by atoms with Gasteiger partial charge in [0.25, 0.3) is 0 Å². The Morgan fingerprint density at radius 3 is 2.37 bits per heavy atom. The first-order valence-electron chi connectivity index (χ1n) is 10.4. The summed E-state index contributed by atoms with van der Waals surface area (Å²) in [6.45, 7) is 0. The van der Waals surface area contributed by atoms with E-state index in [2.05, 4.69) is 15.3 Å². The van der Waals surface area contributed by atoms with Gasteiger partial charge in [-0.2, -0.15) is 0 Å². The number of hydrogen-bond donors (Lipinski definition) is 3. The van der Waals surface area contributed by atoms with Gasteiger partial charge in [0.2, 0.25) is 0 Å². The zero-order valence-corrected chi connectivity index (χ0v) is 16.8. The lowest BCUT2D eigenvalue weighted by atomic mass is 9.54. The zero-order chi connectivity index (χ0) is 20.6. The minimum Gasteiger partial charge on any atom is -0.457 e. The highest BCUT2D eigenvalue weighted by Gasteiger charge is 2.48. The van der Waals surface area contributed by atoms with Crippen LogP contribution in [0.25, 0.3) is 0 Å². The topological polar surface area (TPSA) is 96.9 Å². The molecule has 1 heterocycles. The summed E-state index contributed by atoms with van der Waals surface area (Å²) in [5.74, 6) is 2.46. The molecule has 3 aromatic rings. The predicted octanol–water partition coefficient (Wildman–Crippen LogP) is 5.01. The summed E-state index contributed by atoms with van der Waals surface area (Å²) in [5, 5.41) is 12.3. The third-order valence-corrected chi connectivity index (χ3v) is 6.36. The van der Waals surface area contributed by atoms with E-state index in [0.717, 1.165) is 11.3 Å². The number of ether oxygens (including phenoxy) is 1. The minimum atomic E-state index is 0.305. The monoisotopic (exact) mass is 399 g/mol. The molecule has 0 amide bonds. The van der Waals surface area contributed by atoms with Crippen LogP contribution in [0.5, 0.6) is 11.5 Å². The first-order valence-corrected chi connectivity index (χ1v) is 10.4. The number of rotatable bonds is 6. The van der Waals surface area contributed by atoms with Gasteiger partial charge in [0.15, 0.2) is 0 Å². The molecule has 4 N–H and O–H groups in total. The second-order valence-corrected chi connectivity index (χ2v) is 8.40. The summed E-state index contributed by atoms with van der Waals surface area (Å²) in [5.41, 5.74) is 8.33. The molecule has 2 aliphatic carbocycles. The number of anilines is 2. The summed E-state index contributed by atoms with van der Waals surface area (Å²) in [7, 11) is 0. The average molecular weight is 399 g/mol. The average Bonchev–Trinajstić information content (AvgIpc) is 2.70. The van der Waals surface area contributed by atoms with Crippen molar-refractivity contribution in [2.75, 3.05) is 11.1 Å². The smallest absolute Gasteiger partial charge is 0.141 e. The molecule has 5 rings (SSSR count). The first-order chi connectivity index (χ1) is 14.6. The van der Waals surface area contributed by atoms with Crippen molar-refractivity contribution in [3.05, 3.63) is 72.1 Å². The fourth-order valence-electron chi connectivity index (χ4n) is 4.58. The van der Waals surface area contributed by atoms with Crippen molar-refractivity contribution in [3.8, 4) is 11.5 Å². The molecule has 30 heavy (non-hydrogen) atoms. The lowest BCUT2D eigenvalue weighted by Crippen LogP contribution is -2.49. The van der Waals surface area contributed by atoms with E-state index in [-0.39, 0.29) is 0 Å². The number of nitrogens with one attached hydrogen (secondary N) is 2. The quantitative estimate of drug-likeness (QED) is 0.506. The van der Waals surface area contributed by atoms with Crippen LogP contribution in [0, 0.1) is 10.8 Å². The van der Waals surface area contributed by atoms with Crippen LogP contribution in [0.3, 0.4) is 0 Å². The molecule has 0 unspecified atom stereocenters. The standard InChI is InChI=1S/C24H25N5O/c25-21(16-7-9-19(10-8-16)30-18-5-2-1-3-6-18)20-22(26)27-15-28-23(20)29-17-13-24(14-17)11-4-12-24/h1-3,5-10,15,17,25H,4,11-14H2,(H3,26,27,28,29). The third-order valence-electron chi connectivity index (χ3n) is 6.36. The molecule has 2 aliphatic rings. The molecule has 2 saturated carbocycles. The van der Waals surface area contributed by atoms with Crippen LogP contribution in [-0.2, 0) is 0 Å². The van der Waals surface area contributed by atoms with Crippen molar-refractivity contribution in [2.24, 2.45) is 5.41 Å². The van der Waals surface area contributed by atoms with Crippen LogP contribution in [0.15, 0.2) is 60.9 Å². The Labute approximate surface area is 176 Å². The molecule has 2 fully saturated rings. The summed E-state index contributed by atoms with van der Waals surface area (Å²) < 4.78 is 5.84. The van der Waals surface area contributed by atoms with E-state index in [1.807, 2.05) is 54.6 Å².